The minimum atomic E-state index is -4.59. The van der Waals surface area contributed by atoms with Crippen LogP contribution in [0.1, 0.15) is 39.1 Å². The number of rotatable bonds is 6. The number of nitrogens with one attached hydrogen (secondary N) is 1. The third-order valence-electron chi connectivity index (χ3n) is 5.30. The van der Waals surface area contributed by atoms with Crippen molar-refractivity contribution in [2.24, 2.45) is 0 Å². The Kier molecular flexibility index (Phi) is 7.19. The highest BCUT2D eigenvalue weighted by Gasteiger charge is 2.31. The molecule has 1 aliphatic rings. The molecular weight excluding hydrogens is 443 g/mol. The Morgan fingerprint density at radius 1 is 1.15 bits per heavy atom. The van der Waals surface area contributed by atoms with Crippen LogP contribution in [0.5, 0.6) is 5.75 Å². The molecule has 0 unspecified atom stereocenters. The lowest BCUT2D eigenvalue weighted by molar-refractivity contribution is -0.385. The fourth-order valence-corrected chi connectivity index (χ4v) is 3.59. The maximum Gasteiger partial charge on any atom is 0.422 e. The molecule has 0 aromatic heterocycles. The first-order chi connectivity index (χ1) is 15.5. The predicted molar refractivity (Wildman–Crippen MR) is 112 cm³/mol. The summed E-state index contributed by atoms with van der Waals surface area (Å²) < 4.78 is 41.9. The number of benzene rings is 2. The van der Waals surface area contributed by atoms with E-state index in [0.29, 0.717) is 18.4 Å². The van der Waals surface area contributed by atoms with E-state index in [9.17, 15) is 32.9 Å². The van der Waals surface area contributed by atoms with Gasteiger partial charge in [0.05, 0.1) is 4.92 Å². The normalized spacial score (nSPS) is 14.6. The highest BCUT2D eigenvalue weighted by atomic mass is 19.4. The van der Waals surface area contributed by atoms with Gasteiger partial charge in [-0.15, -0.1) is 0 Å². The third-order valence-corrected chi connectivity index (χ3v) is 5.30. The number of ether oxygens (including phenoxy) is 1. The van der Waals surface area contributed by atoms with Gasteiger partial charge in [0, 0.05) is 30.8 Å². The molecule has 0 aliphatic carbocycles. The number of aryl methyl sites for hydroxylation is 1. The van der Waals surface area contributed by atoms with Crippen molar-refractivity contribution < 1.29 is 32.4 Å². The van der Waals surface area contributed by atoms with E-state index in [1.165, 1.54) is 4.90 Å². The molecule has 8 nitrogen and oxygen atoms in total. The van der Waals surface area contributed by atoms with E-state index in [1.807, 2.05) is 19.1 Å². The van der Waals surface area contributed by atoms with E-state index in [2.05, 4.69) is 10.1 Å². The Labute approximate surface area is 187 Å². The van der Waals surface area contributed by atoms with Crippen LogP contribution in [-0.2, 0) is 0 Å². The minimum absolute atomic E-state index is 0.183. The maximum absolute atomic E-state index is 12.9. The molecule has 2 aromatic rings. The van der Waals surface area contributed by atoms with E-state index in [-0.39, 0.29) is 36.4 Å². The van der Waals surface area contributed by atoms with Crippen LogP contribution < -0.4 is 10.1 Å². The molecule has 1 aliphatic heterocycles. The second-order valence-corrected chi connectivity index (χ2v) is 7.69. The van der Waals surface area contributed by atoms with Crippen molar-refractivity contribution in [3.63, 3.8) is 0 Å². The van der Waals surface area contributed by atoms with Crippen LogP contribution in [0.4, 0.5) is 18.9 Å². The maximum atomic E-state index is 12.9. The van der Waals surface area contributed by atoms with Crippen LogP contribution in [-0.4, -0.2) is 53.6 Å². The number of carbonyl (C=O) groups is 2. The van der Waals surface area contributed by atoms with Gasteiger partial charge in [0.25, 0.3) is 17.5 Å². The number of alkyl halides is 3. The van der Waals surface area contributed by atoms with E-state index in [0.717, 1.165) is 23.8 Å². The number of halogens is 3. The molecule has 1 saturated heterocycles. The van der Waals surface area contributed by atoms with Gasteiger partial charge in [0.1, 0.15) is 11.3 Å². The van der Waals surface area contributed by atoms with Crippen LogP contribution >= 0.6 is 0 Å². The van der Waals surface area contributed by atoms with E-state index < -0.39 is 29.3 Å². The Bertz CT molecular complexity index is 1050. The van der Waals surface area contributed by atoms with Crippen LogP contribution in [0.15, 0.2) is 42.5 Å². The smallest absolute Gasteiger partial charge is 0.422 e. The molecule has 3 rings (SSSR count). The molecule has 0 radical (unpaired) electrons. The molecule has 1 heterocycles. The molecule has 1 N–H and O–H groups in total. The minimum Gasteiger partial charge on any atom is -0.484 e. The summed E-state index contributed by atoms with van der Waals surface area (Å²) in [5.74, 6) is -1.19. The topological polar surface area (TPSA) is 102 Å². The molecule has 0 saturated carbocycles. The van der Waals surface area contributed by atoms with Crippen LogP contribution in [0, 0.1) is 17.0 Å². The van der Waals surface area contributed by atoms with Crippen molar-refractivity contribution in [1.29, 1.82) is 0 Å². The van der Waals surface area contributed by atoms with E-state index in [4.69, 9.17) is 0 Å². The number of nitrogens with zero attached hydrogens (tertiary/aromatic N) is 2. The molecule has 176 valence electrons. The second kappa shape index (κ2) is 9.88. The summed E-state index contributed by atoms with van der Waals surface area (Å²) in [5, 5.41) is 14.3. The van der Waals surface area contributed by atoms with Gasteiger partial charge in [-0.05, 0) is 43.5 Å². The lowest BCUT2D eigenvalue weighted by atomic mass is 10.0. The number of hydrogen-bond donors (Lipinski definition) is 1. The summed E-state index contributed by atoms with van der Waals surface area (Å²) >= 11 is 0. The average molecular weight is 465 g/mol. The Balaban J connectivity index is 1.66. The highest BCUT2D eigenvalue weighted by molar-refractivity contribution is 5.99. The van der Waals surface area contributed by atoms with E-state index in [1.54, 1.807) is 12.1 Å². The van der Waals surface area contributed by atoms with Gasteiger partial charge in [0.2, 0.25) is 0 Å². The first-order valence-electron chi connectivity index (χ1n) is 10.2. The second-order valence-electron chi connectivity index (χ2n) is 7.69. The quantitative estimate of drug-likeness (QED) is 0.515. The van der Waals surface area contributed by atoms with Gasteiger partial charge in [0.15, 0.2) is 6.61 Å². The fraction of sp³-hybridized carbons (Fsp3) is 0.364. The van der Waals surface area contributed by atoms with Crippen molar-refractivity contribution in [2.45, 2.75) is 32.0 Å². The summed E-state index contributed by atoms with van der Waals surface area (Å²) in [7, 11) is 0. The van der Waals surface area contributed by atoms with Gasteiger partial charge in [-0.1, -0.05) is 18.2 Å². The largest absolute Gasteiger partial charge is 0.484 e. The Morgan fingerprint density at radius 2 is 1.82 bits per heavy atom. The molecule has 2 aromatic carbocycles. The van der Waals surface area contributed by atoms with Gasteiger partial charge in [-0.25, -0.2) is 0 Å². The molecule has 1 fully saturated rings. The van der Waals surface area contributed by atoms with E-state index >= 15 is 0 Å². The zero-order valence-electron chi connectivity index (χ0n) is 17.7. The van der Waals surface area contributed by atoms with Crippen LogP contribution in [0.3, 0.4) is 0 Å². The number of hydrogen-bond acceptors (Lipinski definition) is 5. The number of amides is 2. The molecule has 0 spiro atoms. The summed E-state index contributed by atoms with van der Waals surface area (Å²) in [6.45, 7) is 0.699. The molecule has 0 atom stereocenters. The zero-order valence-corrected chi connectivity index (χ0v) is 17.7. The van der Waals surface area contributed by atoms with Crippen molar-refractivity contribution in [2.75, 3.05) is 19.7 Å². The first-order valence-corrected chi connectivity index (χ1v) is 10.2. The van der Waals surface area contributed by atoms with Crippen molar-refractivity contribution in [3.8, 4) is 5.75 Å². The lowest BCUT2D eigenvalue weighted by Gasteiger charge is -2.32. The van der Waals surface area contributed by atoms with Crippen molar-refractivity contribution in [1.82, 2.24) is 10.2 Å². The average Bonchev–Trinajstić information content (AvgIpc) is 2.77. The summed E-state index contributed by atoms with van der Waals surface area (Å²) in [6.07, 6.45) is -3.72. The molecule has 0 bridgehead atoms. The molecule has 33 heavy (non-hydrogen) atoms. The molecule has 11 heteroatoms. The number of nitro groups is 1. The summed E-state index contributed by atoms with van der Waals surface area (Å²) in [5.41, 5.74) is 0.529. The van der Waals surface area contributed by atoms with Gasteiger partial charge >= 0.3 is 6.18 Å². The zero-order chi connectivity index (χ0) is 24.2. The first kappa shape index (κ1) is 24.0. The Morgan fingerprint density at radius 3 is 2.42 bits per heavy atom. The number of piperidine rings is 1. The highest BCUT2D eigenvalue weighted by Crippen LogP contribution is 2.28. The van der Waals surface area contributed by atoms with Crippen molar-refractivity contribution >= 4 is 17.5 Å². The molecular formula is C22H22F3N3O5. The van der Waals surface area contributed by atoms with Gasteiger partial charge in [-0.3, -0.25) is 19.7 Å². The van der Waals surface area contributed by atoms with Gasteiger partial charge < -0.3 is 15.0 Å². The number of likely N-dealkylation sites (tertiary alicyclic amines) is 1. The predicted octanol–water partition coefficient (Wildman–Crippen LogP) is 3.88. The number of carbonyl (C=O) groups excluding carboxylic acids is 2. The van der Waals surface area contributed by atoms with Gasteiger partial charge in [-0.2, -0.15) is 13.2 Å². The summed E-state index contributed by atoms with van der Waals surface area (Å²) in [6, 6.07) is 9.89. The lowest BCUT2D eigenvalue weighted by Crippen LogP contribution is -2.46. The standard InChI is InChI=1S/C22H22F3N3O5/c1-14-4-2-3-5-17(14)20(29)26-15-8-10-27(11-9-15)21(30)18-12-16(33-13-22(23,24)25)6-7-19(18)28(31)32/h2-7,12,15H,8-11,13H2,1H3,(H,26,29). The van der Waals surface area contributed by atoms with Crippen LogP contribution in [0.2, 0.25) is 0 Å². The van der Waals surface area contributed by atoms with Crippen LogP contribution in [0.25, 0.3) is 0 Å². The van der Waals surface area contributed by atoms with Crippen molar-refractivity contribution in [3.05, 3.63) is 69.3 Å². The number of nitro benzene ring substituents is 1. The SMILES string of the molecule is Cc1ccccc1C(=O)NC1CCN(C(=O)c2cc(OCC(F)(F)F)ccc2[N+](=O)[O-])CC1. The summed E-state index contributed by atoms with van der Waals surface area (Å²) in [4.78, 5) is 37.4. The monoisotopic (exact) mass is 465 g/mol. The third kappa shape index (κ3) is 6.21. The Hall–Kier alpha value is -3.63. The fourth-order valence-electron chi connectivity index (χ4n) is 3.59. The molecule has 2 amide bonds.